The lowest BCUT2D eigenvalue weighted by molar-refractivity contribution is -0.144. The highest BCUT2D eigenvalue weighted by Gasteiger charge is 2.15. The number of aryl methyl sites for hydroxylation is 1. The van der Waals surface area contributed by atoms with E-state index in [0.717, 1.165) is 17.0 Å². The second-order valence-corrected chi connectivity index (χ2v) is 4.21. The zero-order chi connectivity index (χ0) is 15.1. The number of nitrogens with zero attached hydrogens (tertiary/aromatic N) is 1. The number of hydrogen-bond acceptors (Lipinski definition) is 2. The van der Waals surface area contributed by atoms with E-state index >= 15 is 0 Å². The molecule has 1 N–H and O–H groups in total. The van der Waals surface area contributed by atoms with Gasteiger partial charge < -0.3 is 10.0 Å². The molecule has 6 heteroatoms. The van der Waals surface area contributed by atoms with Crippen LogP contribution in [-0.2, 0) is 16.0 Å². The van der Waals surface area contributed by atoms with Crippen molar-refractivity contribution in [2.75, 3.05) is 13.1 Å². The highest BCUT2D eigenvalue weighted by Crippen LogP contribution is 2.11. The molecule has 1 aromatic rings. The number of carboxylic acid groups (broad SMARTS) is 1. The standard InChI is InChI=1S/C14H15F2NO3/c1-2-7-17(9-14(19)20)13(18)6-4-10-3-5-11(15)12(16)8-10/h2-3,5,8H,1,4,6-7,9H2,(H,19,20). The van der Waals surface area contributed by atoms with Gasteiger partial charge in [-0.1, -0.05) is 12.1 Å². The van der Waals surface area contributed by atoms with Crippen LogP contribution in [0.1, 0.15) is 12.0 Å². The van der Waals surface area contributed by atoms with Crippen molar-refractivity contribution in [1.82, 2.24) is 4.90 Å². The average molecular weight is 283 g/mol. The van der Waals surface area contributed by atoms with Crippen LogP contribution in [0.3, 0.4) is 0 Å². The quantitative estimate of drug-likeness (QED) is 0.779. The number of carbonyl (C=O) groups excluding carboxylic acids is 1. The summed E-state index contributed by atoms with van der Waals surface area (Å²) >= 11 is 0. The first-order valence-corrected chi connectivity index (χ1v) is 5.98. The molecule has 0 aliphatic rings. The number of benzene rings is 1. The van der Waals surface area contributed by atoms with Gasteiger partial charge in [-0.2, -0.15) is 0 Å². The summed E-state index contributed by atoms with van der Waals surface area (Å²) in [5, 5.41) is 8.69. The van der Waals surface area contributed by atoms with Crippen molar-refractivity contribution in [3.63, 3.8) is 0 Å². The Bertz CT molecular complexity index is 517. The molecule has 0 aromatic heterocycles. The Balaban J connectivity index is 2.61. The van der Waals surface area contributed by atoms with E-state index in [1.165, 1.54) is 12.1 Å². The largest absolute Gasteiger partial charge is 0.480 e. The van der Waals surface area contributed by atoms with Crippen LogP contribution in [0.25, 0.3) is 0 Å². The summed E-state index contributed by atoms with van der Waals surface area (Å²) in [6.07, 6.45) is 1.66. The second kappa shape index (κ2) is 7.37. The van der Waals surface area contributed by atoms with E-state index in [4.69, 9.17) is 5.11 Å². The summed E-state index contributed by atoms with van der Waals surface area (Å²) in [5.74, 6) is -3.41. The lowest BCUT2D eigenvalue weighted by atomic mass is 10.1. The van der Waals surface area contributed by atoms with Crippen LogP contribution < -0.4 is 0 Å². The number of hydrogen-bond donors (Lipinski definition) is 1. The maximum Gasteiger partial charge on any atom is 0.323 e. The van der Waals surface area contributed by atoms with Gasteiger partial charge in [0.15, 0.2) is 11.6 Å². The van der Waals surface area contributed by atoms with Gasteiger partial charge in [0.05, 0.1) is 0 Å². The van der Waals surface area contributed by atoms with Crippen LogP contribution in [0.4, 0.5) is 8.78 Å². The first-order valence-electron chi connectivity index (χ1n) is 5.98. The van der Waals surface area contributed by atoms with Crippen molar-refractivity contribution < 1.29 is 23.5 Å². The molecule has 0 heterocycles. The minimum absolute atomic E-state index is 0.0200. The summed E-state index contributed by atoms with van der Waals surface area (Å²) in [7, 11) is 0. The van der Waals surface area contributed by atoms with Crippen LogP contribution >= 0.6 is 0 Å². The van der Waals surface area contributed by atoms with E-state index in [2.05, 4.69) is 6.58 Å². The maximum absolute atomic E-state index is 13.0. The SMILES string of the molecule is C=CCN(CC(=O)O)C(=O)CCc1ccc(F)c(F)c1. The Morgan fingerprint density at radius 3 is 2.55 bits per heavy atom. The molecule has 1 amide bonds. The lowest BCUT2D eigenvalue weighted by Gasteiger charge is -2.18. The molecular weight excluding hydrogens is 268 g/mol. The van der Waals surface area contributed by atoms with E-state index in [1.54, 1.807) is 0 Å². The summed E-state index contributed by atoms with van der Waals surface area (Å²) < 4.78 is 25.7. The monoisotopic (exact) mass is 283 g/mol. The molecule has 0 fully saturated rings. The van der Waals surface area contributed by atoms with Crippen molar-refractivity contribution in [2.45, 2.75) is 12.8 Å². The van der Waals surface area contributed by atoms with E-state index in [9.17, 15) is 18.4 Å². The Hall–Kier alpha value is -2.24. The highest BCUT2D eigenvalue weighted by atomic mass is 19.2. The summed E-state index contributed by atoms with van der Waals surface area (Å²) in [5.41, 5.74) is 0.478. The molecule has 0 unspecified atom stereocenters. The molecule has 4 nitrogen and oxygen atoms in total. The number of aliphatic carboxylic acids is 1. The van der Waals surface area contributed by atoms with E-state index in [0.29, 0.717) is 5.56 Å². The fraction of sp³-hybridized carbons (Fsp3) is 0.286. The highest BCUT2D eigenvalue weighted by molar-refractivity contribution is 5.81. The number of carboxylic acids is 1. The summed E-state index contributed by atoms with van der Waals surface area (Å²) in [4.78, 5) is 23.6. The zero-order valence-electron chi connectivity index (χ0n) is 10.8. The van der Waals surface area contributed by atoms with Gasteiger partial charge in [-0.05, 0) is 24.1 Å². The third-order valence-corrected chi connectivity index (χ3v) is 2.64. The second-order valence-electron chi connectivity index (χ2n) is 4.21. The molecule has 1 aromatic carbocycles. The van der Waals surface area contributed by atoms with Crippen molar-refractivity contribution in [1.29, 1.82) is 0 Å². The smallest absolute Gasteiger partial charge is 0.323 e. The van der Waals surface area contributed by atoms with Crippen molar-refractivity contribution in [2.24, 2.45) is 0 Å². The minimum atomic E-state index is -1.12. The molecule has 0 atom stereocenters. The maximum atomic E-state index is 13.0. The van der Waals surface area contributed by atoms with Crippen molar-refractivity contribution in [3.05, 3.63) is 48.1 Å². The van der Waals surface area contributed by atoms with Crippen LogP contribution in [-0.4, -0.2) is 35.0 Å². The Labute approximate surface area is 115 Å². The van der Waals surface area contributed by atoms with Gasteiger partial charge in [0, 0.05) is 13.0 Å². The fourth-order valence-electron chi connectivity index (χ4n) is 1.68. The van der Waals surface area contributed by atoms with Crippen molar-refractivity contribution in [3.8, 4) is 0 Å². The molecule has 0 saturated carbocycles. The van der Waals surface area contributed by atoms with Crippen LogP contribution in [0.2, 0.25) is 0 Å². The molecule has 0 aliphatic heterocycles. The number of rotatable bonds is 7. The fourth-order valence-corrected chi connectivity index (χ4v) is 1.68. The predicted octanol–water partition coefficient (Wildman–Crippen LogP) is 2.00. The molecule has 0 radical (unpaired) electrons. The van der Waals surface area contributed by atoms with Gasteiger partial charge in [0.1, 0.15) is 6.54 Å². The normalized spacial score (nSPS) is 10.1. The van der Waals surface area contributed by atoms with Gasteiger partial charge in [0.2, 0.25) is 5.91 Å². The summed E-state index contributed by atoms with van der Waals surface area (Å²) in [6.45, 7) is 3.17. The Kier molecular flexibility index (Phi) is 5.83. The molecular formula is C14H15F2NO3. The molecule has 0 spiro atoms. The average Bonchev–Trinajstić information content (AvgIpc) is 2.39. The predicted molar refractivity (Wildman–Crippen MR) is 69.1 cm³/mol. The molecule has 0 bridgehead atoms. The molecule has 0 aliphatic carbocycles. The van der Waals surface area contributed by atoms with E-state index in [1.807, 2.05) is 0 Å². The number of amides is 1. The van der Waals surface area contributed by atoms with Crippen LogP contribution in [0, 0.1) is 11.6 Å². The first kappa shape index (κ1) is 15.8. The van der Waals surface area contributed by atoms with Crippen LogP contribution in [0.15, 0.2) is 30.9 Å². The molecule has 108 valence electrons. The summed E-state index contributed by atoms with van der Waals surface area (Å²) in [6, 6.07) is 3.41. The van der Waals surface area contributed by atoms with Crippen molar-refractivity contribution >= 4 is 11.9 Å². The topological polar surface area (TPSA) is 57.6 Å². The molecule has 0 saturated heterocycles. The molecule has 1 rings (SSSR count). The van der Waals surface area contributed by atoms with E-state index < -0.39 is 24.1 Å². The third-order valence-electron chi connectivity index (χ3n) is 2.64. The first-order chi connectivity index (χ1) is 9.43. The lowest BCUT2D eigenvalue weighted by Crippen LogP contribution is -2.35. The third kappa shape index (κ3) is 4.79. The van der Waals surface area contributed by atoms with Gasteiger partial charge in [-0.15, -0.1) is 6.58 Å². The molecule has 20 heavy (non-hydrogen) atoms. The van der Waals surface area contributed by atoms with Gasteiger partial charge in [-0.3, -0.25) is 9.59 Å². The Morgan fingerprint density at radius 1 is 1.30 bits per heavy atom. The Morgan fingerprint density at radius 2 is 2.00 bits per heavy atom. The van der Waals surface area contributed by atoms with Gasteiger partial charge >= 0.3 is 5.97 Å². The van der Waals surface area contributed by atoms with Gasteiger partial charge in [-0.25, -0.2) is 8.78 Å². The number of halogens is 2. The minimum Gasteiger partial charge on any atom is -0.480 e. The zero-order valence-corrected chi connectivity index (χ0v) is 10.8. The number of carbonyl (C=O) groups is 2. The van der Waals surface area contributed by atoms with Gasteiger partial charge in [0.25, 0.3) is 0 Å². The van der Waals surface area contributed by atoms with E-state index in [-0.39, 0.29) is 25.3 Å². The van der Waals surface area contributed by atoms with Crippen LogP contribution in [0.5, 0.6) is 0 Å².